The van der Waals surface area contributed by atoms with Gasteiger partial charge in [-0.3, -0.25) is 9.69 Å². The highest BCUT2D eigenvalue weighted by Gasteiger charge is 2.23. The second kappa shape index (κ2) is 5.77. The van der Waals surface area contributed by atoms with Gasteiger partial charge < -0.3 is 10.2 Å². The van der Waals surface area contributed by atoms with E-state index < -0.39 is 0 Å². The zero-order chi connectivity index (χ0) is 13.9. The molecule has 0 aliphatic carbocycles. The fraction of sp³-hybridized carbons (Fsp3) is 0.438. The highest BCUT2D eigenvalue weighted by atomic mass is 16.2. The van der Waals surface area contributed by atoms with Gasteiger partial charge in [-0.25, -0.2) is 0 Å². The molecule has 2 aliphatic rings. The van der Waals surface area contributed by atoms with Crippen molar-refractivity contribution in [3.05, 3.63) is 35.4 Å². The van der Waals surface area contributed by atoms with E-state index in [4.69, 9.17) is 0 Å². The van der Waals surface area contributed by atoms with Crippen LogP contribution in [0.5, 0.6) is 0 Å². The Kier molecular flexibility index (Phi) is 3.85. The molecule has 2 aliphatic heterocycles. The van der Waals surface area contributed by atoms with Gasteiger partial charge in [0.2, 0.25) is 5.91 Å². The lowest BCUT2D eigenvalue weighted by molar-refractivity contribution is -0.117. The number of anilines is 1. The van der Waals surface area contributed by atoms with Gasteiger partial charge in [-0.05, 0) is 23.3 Å². The van der Waals surface area contributed by atoms with Crippen molar-refractivity contribution in [3.8, 4) is 0 Å². The van der Waals surface area contributed by atoms with Gasteiger partial charge >= 0.3 is 0 Å². The molecule has 0 aromatic heterocycles. The number of carbonyl (C=O) groups excluding carboxylic acids is 1. The van der Waals surface area contributed by atoms with E-state index in [1.807, 2.05) is 13.1 Å². The van der Waals surface area contributed by atoms with Crippen LogP contribution in [-0.4, -0.2) is 50.6 Å². The van der Waals surface area contributed by atoms with Crippen LogP contribution in [0.2, 0.25) is 0 Å². The van der Waals surface area contributed by atoms with Gasteiger partial charge in [0.15, 0.2) is 0 Å². The summed E-state index contributed by atoms with van der Waals surface area (Å²) in [6.45, 7) is 5.40. The molecule has 0 saturated carbocycles. The molecule has 0 unspecified atom stereocenters. The highest BCUT2D eigenvalue weighted by molar-refractivity contribution is 6.01. The molecule has 1 N–H and O–H groups in total. The summed E-state index contributed by atoms with van der Waals surface area (Å²) in [5.41, 5.74) is 3.37. The highest BCUT2D eigenvalue weighted by Crippen LogP contribution is 2.28. The van der Waals surface area contributed by atoms with E-state index in [1.165, 1.54) is 5.56 Å². The lowest BCUT2D eigenvalue weighted by atomic mass is 10.1. The Hall–Kier alpha value is -1.65. The quantitative estimate of drug-likeness (QED) is 0.895. The molecule has 106 valence electrons. The predicted molar refractivity (Wildman–Crippen MR) is 81.9 cm³/mol. The number of amides is 1. The molecule has 0 atom stereocenters. The largest absolute Gasteiger partial charge is 0.315 e. The van der Waals surface area contributed by atoms with E-state index in [-0.39, 0.29) is 5.91 Å². The summed E-state index contributed by atoms with van der Waals surface area (Å²) >= 11 is 0. The Morgan fingerprint density at radius 1 is 1.30 bits per heavy atom. The minimum Gasteiger partial charge on any atom is -0.315 e. The maximum Gasteiger partial charge on any atom is 0.231 e. The van der Waals surface area contributed by atoms with Crippen LogP contribution < -0.4 is 10.2 Å². The van der Waals surface area contributed by atoms with Crippen LogP contribution >= 0.6 is 0 Å². The Morgan fingerprint density at radius 2 is 2.10 bits per heavy atom. The zero-order valence-corrected chi connectivity index (χ0v) is 11.9. The normalized spacial score (nSPS) is 19.9. The number of rotatable bonds is 3. The molecule has 3 rings (SSSR count). The third-order valence-electron chi connectivity index (χ3n) is 4.06. The lowest BCUT2D eigenvalue weighted by Crippen LogP contribution is -2.43. The number of nitrogens with zero attached hydrogens (tertiary/aromatic N) is 2. The first-order valence-corrected chi connectivity index (χ1v) is 7.23. The summed E-state index contributed by atoms with van der Waals surface area (Å²) in [6, 6.07) is 6.26. The summed E-state index contributed by atoms with van der Waals surface area (Å²) in [5, 5.41) is 3.36. The minimum absolute atomic E-state index is 0.182. The third-order valence-corrected chi connectivity index (χ3v) is 4.06. The molecule has 0 radical (unpaired) electrons. The molecule has 1 aromatic rings. The second-order valence-corrected chi connectivity index (χ2v) is 5.47. The molecular weight excluding hydrogens is 250 g/mol. The fourth-order valence-corrected chi connectivity index (χ4v) is 2.83. The number of benzene rings is 1. The van der Waals surface area contributed by atoms with Crippen LogP contribution in [0, 0.1) is 0 Å². The van der Waals surface area contributed by atoms with Gasteiger partial charge in [0.25, 0.3) is 0 Å². The predicted octanol–water partition coefficient (Wildman–Crippen LogP) is 1.12. The van der Waals surface area contributed by atoms with Gasteiger partial charge in [-0.15, -0.1) is 0 Å². The van der Waals surface area contributed by atoms with Crippen LogP contribution in [0.15, 0.2) is 24.3 Å². The molecule has 1 fully saturated rings. The van der Waals surface area contributed by atoms with E-state index >= 15 is 0 Å². The van der Waals surface area contributed by atoms with Crippen molar-refractivity contribution in [1.82, 2.24) is 10.2 Å². The number of nitrogens with one attached hydrogen (secondary N) is 1. The smallest absolute Gasteiger partial charge is 0.231 e. The van der Waals surface area contributed by atoms with Gasteiger partial charge in [0.1, 0.15) is 0 Å². The van der Waals surface area contributed by atoms with Gasteiger partial charge in [0, 0.05) is 45.5 Å². The third kappa shape index (κ3) is 2.76. The van der Waals surface area contributed by atoms with Crippen LogP contribution in [0.1, 0.15) is 11.1 Å². The number of likely N-dealkylation sites (N-methyl/N-ethyl adjacent to an activating group) is 1. The standard InChI is InChI=1S/C16H21N3O/c1-18-15-5-4-13(11-14(15)12-16(18)20)3-2-8-19-9-6-17-7-10-19/h2-5,11,17H,6-10,12H2,1H3/b3-2+. The summed E-state index contributed by atoms with van der Waals surface area (Å²) < 4.78 is 0. The molecule has 20 heavy (non-hydrogen) atoms. The van der Waals surface area contributed by atoms with Crippen LogP contribution in [0.25, 0.3) is 6.08 Å². The molecule has 0 spiro atoms. The van der Waals surface area contributed by atoms with E-state index in [1.54, 1.807) is 4.90 Å². The Morgan fingerprint density at radius 3 is 2.90 bits per heavy atom. The number of piperazine rings is 1. The van der Waals surface area contributed by atoms with Crippen molar-refractivity contribution in [3.63, 3.8) is 0 Å². The Bertz CT molecular complexity index is 533. The summed E-state index contributed by atoms with van der Waals surface area (Å²) in [7, 11) is 1.84. The van der Waals surface area contributed by atoms with Crippen molar-refractivity contribution < 1.29 is 4.79 Å². The first-order chi connectivity index (χ1) is 9.74. The summed E-state index contributed by atoms with van der Waals surface area (Å²) in [4.78, 5) is 15.8. The maximum atomic E-state index is 11.7. The van der Waals surface area contributed by atoms with Crippen molar-refractivity contribution in [2.24, 2.45) is 0 Å². The van der Waals surface area contributed by atoms with Crippen LogP contribution in [-0.2, 0) is 11.2 Å². The van der Waals surface area contributed by atoms with Crippen molar-refractivity contribution in [1.29, 1.82) is 0 Å². The number of hydrogen-bond donors (Lipinski definition) is 1. The van der Waals surface area contributed by atoms with Crippen molar-refractivity contribution in [2.75, 3.05) is 44.7 Å². The fourth-order valence-electron chi connectivity index (χ4n) is 2.83. The maximum absolute atomic E-state index is 11.7. The van der Waals surface area contributed by atoms with Crippen LogP contribution in [0.3, 0.4) is 0 Å². The topological polar surface area (TPSA) is 35.6 Å². The summed E-state index contributed by atoms with van der Waals surface area (Å²) in [6.07, 6.45) is 4.91. The van der Waals surface area contributed by atoms with Gasteiger partial charge in [-0.1, -0.05) is 18.2 Å². The number of fused-ring (bicyclic) bond motifs is 1. The first kappa shape index (κ1) is 13.3. The molecule has 1 aromatic carbocycles. The van der Waals surface area contributed by atoms with E-state index in [2.05, 4.69) is 34.5 Å². The number of carbonyl (C=O) groups is 1. The van der Waals surface area contributed by atoms with E-state index in [9.17, 15) is 4.79 Å². The molecule has 1 saturated heterocycles. The van der Waals surface area contributed by atoms with E-state index in [0.29, 0.717) is 6.42 Å². The van der Waals surface area contributed by atoms with Crippen LogP contribution in [0.4, 0.5) is 5.69 Å². The van der Waals surface area contributed by atoms with Gasteiger partial charge in [-0.2, -0.15) is 0 Å². The molecule has 1 amide bonds. The Labute approximate surface area is 120 Å². The molecule has 4 nitrogen and oxygen atoms in total. The molecule has 4 heteroatoms. The van der Waals surface area contributed by atoms with Gasteiger partial charge in [0.05, 0.1) is 6.42 Å². The zero-order valence-electron chi connectivity index (χ0n) is 11.9. The SMILES string of the molecule is CN1C(=O)Cc2cc(/C=C/CN3CCNCC3)ccc21. The molecule has 0 bridgehead atoms. The number of hydrogen-bond acceptors (Lipinski definition) is 3. The van der Waals surface area contributed by atoms with Crippen molar-refractivity contribution >= 4 is 17.7 Å². The summed E-state index contributed by atoms with van der Waals surface area (Å²) in [5.74, 6) is 0.182. The first-order valence-electron chi connectivity index (χ1n) is 7.23. The molecule has 2 heterocycles. The Balaban J connectivity index is 1.64. The average Bonchev–Trinajstić information content (AvgIpc) is 2.75. The second-order valence-electron chi connectivity index (χ2n) is 5.47. The minimum atomic E-state index is 0.182. The van der Waals surface area contributed by atoms with Crippen molar-refractivity contribution in [2.45, 2.75) is 6.42 Å². The average molecular weight is 271 g/mol. The lowest BCUT2D eigenvalue weighted by Gasteiger charge is -2.25. The monoisotopic (exact) mass is 271 g/mol. The molecular formula is C16H21N3O. The van der Waals surface area contributed by atoms with E-state index in [0.717, 1.165) is 44.0 Å².